The molecule has 0 saturated carbocycles. The highest BCUT2D eigenvalue weighted by atomic mass is 32.2. The van der Waals surface area contributed by atoms with Gasteiger partial charge in [-0.15, -0.1) is 0 Å². The summed E-state index contributed by atoms with van der Waals surface area (Å²) in [5.41, 5.74) is 2.81. The van der Waals surface area contributed by atoms with Gasteiger partial charge in [0.1, 0.15) is 0 Å². The number of hydrogen-bond acceptors (Lipinski definition) is 6. The monoisotopic (exact) mass is 439 g/mol. The van der Waals surface area contributed by atoms with Gasteiger partial charge < -0.3 is 9.64 Å². The molecule has 4 rings (SSSR count). The Morgan fingerprint density at radius 2 is 1.77 bits per heavy atom. The van der Waals surface area contributed by atoms with Crippen LogP contribution >= 0.6 is 0 Å². The van der Waals surface area contributed by atoms with E-state index in [2.05, 4.69) is 29.0 Å². The van der Waals surface area contributed by atoms with Gasteiger partial charge in [0.25, 0.3) is 10.1 Å². The highest BCUT2D eigenvalue weighted by Gasteiger charge is 2.33. The van der Waals surface area contributed by atoms with Gasteiger partial charge in [-0.25, -0.2) is 9.97 Å². The molecule has 0 bridgehead atoms. The SMILES string of the molecule is CCCCc1ccc2c(c1)N(C(CCS(=O)(=O)O)c1ncccn1)c1ccccc1O2. The van der Waals surface area contributed by atoms with Crippen LogP contribution in [0.25, 0.3) is 0 Å². The van der Waals surface area contributed by atoms with Crippen LogP contribution in [0.4, 0.5) is 11.4 Å². The van der Waals surface area contributed by atoms with Gasteiger partial charge in [0.05, 0.1) is 23.2 Å². The molecule has 1 aliphatic rings. The fraction of sp³-hybridized carbons (Fsp3) is 0.304. The van der Waals surface area contributed by atoms with Crippen LogP contribution in [0.3, 0.4) is 0 Å². The predicted octanol–water partition coefficient (Wildman–Crippen LogP) is 5.08. The van der Waals surface area contributed by atoms with Crippen LogP contribution in [-0.4, -0.2) is 28.7 Å². The summed E-state index contributed by atoms with van der Waals surface area (Å²) in [4.78, 5) is 10.8. The molecule has 2 aromatic carbocycles. The summed E-state index contributed by atoms with van der Waals surface area (Å²) in [5.74, 6) is 1.43. The Morgan fingerprint density at radius 1 is 1.03 bits per heavy atom. The Hall–Kier alpha value is -2.97. The second-order valence-electron chi connectivity index (χ2n) is 7.54. The molecule has 1 unspecified atom stereocenters. The molecule has 1 aromatic heterocycles. The number of para-hydroxylation sites is 2. The van der Waals surface area contributed by atoms with Gasteiger partial charge >= 0.3 is 0 Å². The first-order valence-corrected chi connectivity index (χ1v) is 12.0. The number of rotatable bonds is 8. The lowest BCUT2D eigenvalue weighted by Crippen LogP contribution is -2.30. The number of nitrogens with zero attached hydrogens (tertiary/aromatic N) is 3. The van der Waals surface area contributed by atoms with E-state index in [0.29, 0.717) is 17.3 Å². The molecule has 0 aliphatic carbocycles. The third-order valence-electron chi connectivity index (χ3n) is 5.29. The average Bonchev–Trinajstić information content (AvgIpc) is 2.77. The molecule has 0 fully saturated rings. The predicted molar refractivity (Wildman–Crippen MR) is 120 cm³/mol. The minimum absolute atomic E-state index is 0.121. The number of fused-ring (bicyclic) bond motifs is 2. The van der Waals surface area contributed by atoms with Gasteiger partial charge in [0.15, 0.2) is 17.3 Å². The Balaban J connectivity index is 1.85. The molecule has 0 spiro atoms. The van der Waals surface area contributed by atoms with Crippen LogP contribution < -0.4 is 9.64 Å². The smallest absolute Gasteiger partial charge is 0.264 e. The molecule has 0 amide bonds. The first-order chi connectivity index (χ1) is 15.0. The fourth-order valence-corrected chi connectivity index (χ4v) is 4.34. The summed E-state index contributed by atoms with van der Waals surface area (Å²) < 4.78 is 38.7. The van der Waals surface area contributed by atoms with Crippen molar-refractivity contribution in [3.05, 3.63) is 72.3 Å². The van der Waals surface area contributed by atoms with Crippen molar-refractivity contribution >= 4 is 21.5 Å². The van der Waals surface area contributed by atoms with E-state index in [9.17, 15) is 13.0 Å². The minimum Gasteiger partial charge on any atom is -0.453 e. The van der Waals surface area contributed by atoms with Gasteiger partial charge in [-0.3, -0.25) is 4.55 Å². The molecular formula is C23H25N3O4S. The molecule has 0 saturated heterocycles. The lowest BCUT2D eigenvalue weighted by molar-refractivity contribution is 0.458. The average molecular weight is 440 g/mol. The maximum Gasteiger partial charge on any atom is 0.264 e. The van der Waals surface area contributed by atoms with Crippen LogP contribution in [0.15, 0.2) is 60.9 Å². The minimum atomic E-state index is -4.15. The van der Waals surface area contributed by atoms with E-state index in [1.54, 1.807) is 18.5 Å². The summed E-state index contributed by atoms with van der Waals surface area (Å²) in [6, 6.07) is 14.9. The standard InChI is InChI=1S/C23H25N3O4S/c1-2-3-7-17-10-11-22-20(16-17)26(18-8-4-5-9-21(18)30-22)19(12-15-31(27,28)29)23-24-13-6-14-25-23/h4-6,8-11,13-14,16,19H,2-3,7,12,15H2,1H3,(H,27,28,29). The van der Waals surface area contributed by atoms with Gasteiger partial charge in [0.2, 0.25) is 0 Å². The van der Waals surface area contributed by atoms with Crippen LogP contribution in [0.5, 0.6) is 11.5 Å². The number of aromatic nitrogens is 2. The van der Waals surface area contributed by atoms with Crippen molar-refractivity contribution < 1.29 is 17.7 Å². The molecule has 1 aliphatic heterocycles. The molecule has 31 heavy (non-hydrogen) atoms. The van der Waals surface area contributed by atoms with Gasteiger partial charge in [-0.1, -0.05) is 31.5 Å². The van der Waals surface area contributed by atoms with Crippen molar-refractivity contribution in [3.63, 3.8) is 0 Å². The lowest BCUT2D eigenvalue weighted by Gasteiger charge is -2.38. The van der Waals surface area contributed by atoms with Crippen LogP contribution in [-0.2, 0) is 16.5 Å². The topological polar surface area (TPSA) is 92.6 Å². The quantitative estimate of drug-likeness (QED) is 0.489. The van der Waals surface area contributed by atoms with Crippen molar-refractivity contribution in [1.82, 2.24) is 9.97 Å². The molecule has 2 heterocycles. The molecule has 162 valence electrons. The first kappa shape index (κ1) is 21.3. The van der Waals surface area contributed by atoms with E-state index in [-0.39, 0.29) is 6.42 Å². The number of ether oxygens (including phenoxy) is 1. The molecule has 1 atom stereocenters. The van der Waals surface area contributed by atoms with Crippen molar-refractivity contribution in [2.24, 2.45) is 0 Å². The summed E-state index contributed by atoms with van der Waals surface area (Å²) in [7, 11) is -4.15. The summed E-state index contributed by atoms with van der Waals surface area (Å²) in [6.07, 6.45) is 6.49. The zero-order chi connectivity index (χ0) is 21.8. The molecule has 8 heteroatoms. The van der Waals surface area contributed by atoms with E-state index in [0.717, 1.165) is 30.6 Å². The molecule has 7 nitrogen and oxygen atoms in total. The molecule has 1 N–H and O–H groups in total. The Kier molecular flexibility index (Phi) is 6.20. The van der Waals surface area contributed by atoms with Gasteiger partial charge in [-0.2, -0.15) is 8.42 Å². The maximum atomic E-state index is 11.6. The normalized spacial score (nSPS) is 13.8. The number of benzene rings is 2. The highest BCUT2D eigenvalue weighted by molar-refractivity contribution is 7.85. The van der Waals surface area contributed by atoms with Gasteiger partial charge in [0, 0.05) is 12.4 Å². The second-order valence-corrected chi connectivity index (χ2v) is 9.11. The molecular weight excluding hydrogens is 414 g/mol. The number of hydrogen-bond donors (Lipinski definition) is 1. The van der Waals surface area contributed by atoms with E-state index in [4.69, 9.17) is 4.74 Å². The van der Waals surface area contributed by atoms with Crippen LogP contribution in [0, 0.1) is 0 Å². The number of unbranched alkanes of at least 4 members (excludes halogenated alkanes) is 1. The third kappa shape index (κ3) is 4.86. The Morgan fingerprint density at radius 3 is 2.52 bits per heavy atom. The highest BCUT2D eigenvalue weighted by Crippen LogP contribution is 2.50. The van der Waals surface area contributed by atoms with E-state index < -0.39 is 21.9 Å². The van der Waals surface area contributed by atoms with Crippen LogP contribution in [0.1, 0.15) is 43.6 Å². The molecule has 0 radical (unpaired) electrons. The number of anilines is 2. The second kappa shape index (κ2) is 9.03. The lowest BCUT2D eigenvalue weighted by atomic mass is 10.0. The summed E-state index contributed by atoms with van der Waals surface area (Å²) in [5, 5.41) is 0. The van der Waals surface area contributed by atoms with Crippen molar-refractivity contribution in [1.29, 1.82) is 0 Å². The van der Waals surface area contributed by atoms with E-state index in [1.807, 2.05) is 35.2 Å². The largest absolute Gasteiger partial charge is 0.453 e. The Labute approximate surface area is 182 Å². The van der Waals surface area contributed by atoms with Gasteiger partial charge in [-0.05, 0) is 55.2 Å². The van der Waals surface area contributed by atoms with E-state index in [1.165, 1.54) is 5.56 Å². The number of aryl methyl sites for hydroxylation is 1. The Bertz CT molecular complexity index is 1150. The maximum absolute atomic E-state index is 11.6. The summed E-state index contributed by atoms with van der Waals surface area (Å²) in [6.45, 7) is 2.15. The van der Waals surface area contributed by atoms with Crippen LogP contribution in [0.2, 0.25) is 0 Å². The fourth-order valence-electron chi connectivity index (χ4n) is 3.82. The van der Waals surface area contributed by atoms with E-state index >= 15 is 0 Å². The summed E-state index contributed by atoms with van der Waals surface area (Å²) >= 11 is 0. The third-order valence-corrected chi connectivity index (χ3v) is 6.04. The zero-order valence-corrected chi connectivity index (χ0v) is 18.1. The molecule has 3 aromatic rings. The first-order valence-electron chi connectivity index (χ1n) is 10.4. The van der Waals surface area contributed by atoms with Crippen molar-refractivity contribution in [2.75, 3.05) is 10.7 Å². The van der Waals surface area contributed by atoms with Crippen molar-refractivity contribution in [2.45, 2.75) is 38.6 Å². The van der Waals surface area contributed by atoms with Crippen molar-refractivity contribution in [3.8, 4) is 11.5 Å². The zero-order valence-electron chi connectivity index (χ0n) is 17.3.